The molecule has 56 heavy (non-hydrogen) atoms. The van der Waals surface area contributed by atoms with Gasteiger partial charge in [-0.1, -0.05) is 65.2 Å². The summed E-state index contributed by atoms with van der Waals surface area (Å²) in [6.45, 7) is 4.80. The fourth-order valence-corrected chi connectivity index (χ4v) is 6.79. The van der Waals surface area contributed by atoms with Crippen molar-refractivity contribution < 1.29 is 38.2 Å². The van der Waals surface area contributed by atoms with Crippen molar-refractivity contribution in [1.82, 2.24) is 41.4 Å². The monoisotopic (exact) mass is 832 g/mol. The third kappa shape index (κ3) is 15.8. The van der Waals surface area contributed by atoms with E-state index in [-0.39, 0.29) is 46.9 Å². The molecular formula is C34H52Cl2F2N12O6. The summed E-state index contributed by atoms with van der Waals surface area (Å²) in [6.07, 6.45) is 8.79. The maximum absolute atomic E-state index is 14.5. The predicted octanol–water partition coefficient (Wildman–Crippen LogP) is 6.00. The number of hydrazine groups is 2. The van der Waals surface area contributed by atoms with Gasteiger partial charge >= 0.3 is 12.2 Å². The van der Waals surface area contributed by atoms with Gasteiger partial charge in [-0.15, -0.1) is 0 Å². The molecule has 2 aromatic rings. The van der Waals surface area contributed by atoms with Crippen LogP contribution in [0.15, 0.2) is 0 Å². The average molecular weight is 834 g/mol. The van der Waals surface area contributed by atoms with Gasteiger partial charge in [0.2, 0.25) is 34.0 Å². The topological polar surface area (TPSA) is 257 Å². The zero-order valence-electron chi connectivity index (χ0n) is 31.5. The molecule has 2 saturated carbocycles. The Kier molecular flexibility index (Phi) is 19.6. The van der Waals surface area contributed by atoms with E-state index in [1.807, 2.05) is 13.8 Å². The standard InChI is InChI=1S/2C17H26ClFN6O3/c2*1-2-7-20-13-12(19)14(23-16(18)22-13)24-25-15(26)11(9-21-17(27)28)8-10-5-3-4-6-10/h2*10-11,21H,2-9H2,1H3,(H,25,26)(H,27,28)(H2,20,22,23,24)/t2*11-/m11/s1. The second-order valence-electron chi connectivity index (χ2n) is 13.6. The molecule has 10 N–H and O–H groups in total. The SMILES string of the molecule is CCCNc1nc(Cl)nc(NNC(=O)[C@@H](CNC(=O)O)CC2CCCC2)c1F.CCCNc1nc(Cl)nc(NNC(=O)[C@@H](CNC(=O)O)CC2CCCC2)c1F. The highest BCUT2D eigenvalue weighted by Crippen LogP contribution is 2.31. The summed E-state index contributed by atoms with van der Waals surface area (Å²) in [5.41, 5.74) is 9.70. The number of carbonyl (C=O) groups excluding carboxylic acids is 2. The van der Waals surface area contributed by atoms with Gasteiger partial charge < -0.3 is 31.5 Å². The molecule has 0 radical (unpaired) electrons. The molecule has 312 valence electrons. The minimum Gasteiger partial charge on any atom is -0.465 e. The summed E-state index contributed by atoms with van der Waals surface area (Å²) < 4.78 is 28.9. The van der Waals surface area contributed by atoms with E-state index in [2.05, 4.69) is 62.9 Å². The number of rotatable bonds is 20. The van der Waals surface area contributed by atoms with Gasteiger partial charge in [0.1, 0.15) is 0 Å². The number of nitrogens with zero attached hydrogens (tertiary/aromatic N) is 4. The van der Waals surface area contributed by atoms with Gasteiger partial charge in [0.05, 0.1) is 11.8 Å². The van der Waals surface area contributed by atoms with Gasteiger partial charge in [0.15, 0.2) is 23.3 Å². The van der Waals surface area contributed by atoms with Gasteiger partial charge in [-0.05, 0) is 60.7 Å². The largest absolute Gasteiger partial charge is 0.465 e. The molecule has 4 amide bonds. The molecule has 0 unspecified atom stereocenters. The van der Waals surface area contributed by atoms with Gasteiger partial charge in [-0.25, -0.2) is 9.59 Å². The second kappa shape index (κ2) is 24.0. The number of carboxylic acid groups (broad SMARTS) is 2. The molecule has 2 atom stereocenters. The Morgan fingerprint density at radius 2 is 0.982 bits per heavy atom. The number of hydrogen-bond acceptors (Lipinski definition) is 12. The van der Waals surface area contributed by atoms with Crippen LogP contribution in [0.4, 0.5) is 41.6 Å². The van der Waals surface area contributed by atoms with Crippen molar-refractivity contribution in [2.45, 2.75) is 90.9 Å². The summed E-state index contributed by atoms with van der Waals surface area (Å²) in [5.74, 6) is -3.49. The van der Waals surface area contributed by atoms with E-state index < -0.39 is 47.5 Å². The van der Waals surface area contributed by atoms with Crippen molar-refractivity contribution in [2.24, 2.45) is 23.7 Å². The molecule has 0 aliphatic heterocycles. The van der Waals surface area contributed by atoms with E-state index >= 15 is 0 Å². The number of carbonyl (C=O) groups is 4. The fourth-order valence-electron chi connectivity index (χ4n) is 6.46. The van der Waals surface area contributed by atoms with Crippen LogP contribution in [-0.4, -0.2) is 80.3 Å². The van der Waals surface area contributed by atoms with Crippen LogP contribution in [0.3, 0.4) is 0 Å². The first kappa shape index (κ1) is 45.7. The van der Waals surface area contributed by atoms with Gasteiger partial charge in [0, 0.05) is 26.2 Å². The molecule has 18 nitrogen and oxygen atoms in total. The molecule has 2 fully saturated rings. The second-order valence-corrected chi connectivity index (χ2v) is 14.3. The van der Waals surface area contributed by atoms with Crippen LogP contribution in [0.5, 0.6) is 0 Å². The highest BCUT2D eigenvalue weighted by Gasteiger charge is 2.28. The van der Waals surface area contributed by atoms with E-state index in [0.29, 0.717) is 37.8 Å². The Morgan fingerprint density at radius 1 is 0.643 bits per heavy atom. The lowest BCUT2D eigenvalue weighted by Crippen LogP contribution is -2.41. The number of hydrogen-bond donors (Lipinski definition) is 10. The number of nitrogens with one attached hydrogen (secondary N) is 8. The normalized spacial score (nSPS) is 15.1. The van der Waals surface area contributed by atoms with Crippen molar-refractivity contribution >= 4 is 70.5 Å². The predicted molar refractivity (Wildman–Crippen MR) is 207 cm³/mol. The Bertz CT molecular complexity index is 1490. The zero-order chi connectivity index (χ0) is 41.0. The minimum absolute atomic E-state index is 0.0182. The van der Waals surface area contributed by atoms with Gasteiger partial charge in [-0.2, -0.15) is 28.7 Å². The highest BCUT2D eigenvalue weighted by molar-refractivity contribution is 6.28. The van der Waals surface area contributed by atoms with E-state index in [1.165, 1.54) is 0 Å². The van der Waals surface area contributed by atoms with Crippen molar-refractivity contribution in [3.63, 3.8) is 0 Å². The van der Waals surface area contributed by atoms with Crippen LogP contribution in [0.1, 0.15) is 90.9 Å². The molecule has 4 rings (SSSR count). The smallest absolute Gasteiger partial charge is 0.404 e. The van der Waals surface area contributed by atoms with Crippen LogP contribution in [0.25, 0.3) is 0 Å². The molecule has 22 heteroatoms. The quantitative estimate of drug-likeness (QED) is 0.0543. The number of anilines is 4. The van der Waals surface area contributed by atoms with Crippen molar-refractivity contribution in [3.8, 4) is 0 Å². The lowest BCUT2D eigenvalue weighted by molar-refractivity contribution is -0.125. The van der Waals surface area contributed by atoms with E-state index in [1.54, 1.807) is 0 Å². The summed E-state index contributed by atoms with van der Waals surface area (Å²) >= 11 is 11.6. The van der Waals surface area contributed by atoms with Crippen LogP contribution in [-0.2, 0) is 9.59 Å². The number of amides is 4. The summed E-state index contributed by atoms with van der Waals surface area (Å²) in [6, 6.07) is 0. The molecule has 0 saturated heterocycles. The summed E-state index contributed by atoms with van der Waals surface area (Å²) in [5, 5.41) is 27.4. The Labute approximate surface area is 333 Å². The average Bonchev–Trinajstić information content (AvgIpc) is 3.89. The van der Waals surface area contributed by atoms with E-state index in [9.17, 15) is 28.0 Å². The molecule has 2 heterocycles. The van der Waals surface area contributed by atoms with Crippen molar-refractivity contribution in [3.05, 3.63) is 22.2 Å². The third-order valence-electron chi connectivity index (χ3n) is 9.27. The highest BCUT2D eigenvalue weighted by atomic mass is 35.5. The molecular weight excluding hydrogens is 781 g/mol. The van der Waals surface area contributed by atoms with Crippen LogP contribution >= 0.6 is 23.2 Å². The zero-order valence-corrected chi connectivity index (χ0v) is 33.0. The summed E-state index contributed by atoms with van der Waals surface area (Å²) in [4.78, 5) is 61.8. The maximum atomic E-state index is 14.5. The Hall–Kier alpha value is -4.72. The van der Waals surface area contributed by atoms with Gasteiger partial charge in [-0.3, -0.25) is 31.3 Å². The lowest BCUT2D eigenvalue weighted by atomic mass is 9.92. The molecule has 2 aliphatic carbocycles. The summed E-state index contributed by atoms with van der Waals surface area (Å²) in [7, 11) is 0. The first-order valence-corrected chi connectivity index (χ1v) is 19.6. The first-order chi connectivity index (χ1) is 26.8. The van der Waals surface area contributed by atoms with Crippen LogP contribution in [0, 0.1) is 35.3 Å². The van der Waals surface area contributed by atoms with E-state index in [0.717, 1.165) is 64.2 Å². The Balaban J connectivity index is 0.000000300. The van der Waals surface area contributed by atoms with Crippen LogP contribution < -0.4 is 43.0 Å². The molecule has 2 aromatic heterocycles. The van der Waals surface area contributed by atoms with Crippen molar-refractivity contribution in [1.29, 1.82) is 0 Å². The number of aromatic nitrogens is 4. The Morgan fingerprint density at radius 3 is 1.30 bits per heavy atom. The molecule has 2 aliphatic rings. The third-order valence-corrected chi connectivity index (χ3v) is 9.61. The molecule has 0 aromatic carbocycles. The van der Waals surface area contributed by atoms with Crippen LogP contribution in [0.2, 0.25) is 10.6 Å². The first-order valence-electron chi connectivity index (χ1n) is 18.8. The van der Waals surface area contributed by atoms with Gasteiger partial charge in [0.25, 0.3) is 0 Å². The number of halogens is 4. The molecule has 0 spiro atoms. The lowest BCUT2D eigenvalue weighted by Gasteiger charge is -2.20. The van der Waals surface area contributed by atoms with Crippen molar-refractivity contribution in [2.75, 3.05) is 47.7 Å². The minimum atomic E-state index is -1.20. The molecule has 0 bridgehead atoms. The maximum Gasteiger partial charge on any atom is 0.404 e. The van der Waals surface area contributed by atoms with E-state index in [4.69, 9.17) is 33.4 Å². The fraction of sp³-hybridized carbons (Fsp3) is 0.647.